The van der Waals surface area contributed by atoms with Gasteiger partial charge in [-0.05, 0) is 43.8 Å². The quantitative estimate of drug-likeness (QED) is 0.290. The zero-order valence-electron chi connectivity index (χ0n) is 22.7. The molecule has 1 fully saturated rings. The standard InChI is InChI=1S/C29H29N9O3/c1-36(2)13-6-9-23(39)37-14-12-20(16-37)38-27-24(26(30)31-17-32-27)25(35-38)28(40)34-29-33-21-15-19(10-11-22(21)41-29)18-7-4-3-5-8-18/h3-11,15,17,20H,12-14,16H2,1-2H3,(H2,30,31,32)(H,33,34,40)/t20-/m1/s1. The average molecular weight is 552 g/mol. The van der Waals surface area contributed by atoms with Gasteiger partial charge in [-0.3, -0.25) is 14.9 Å². The number of likely N-dealkylation sites (N-methyl/N-ethyl adjacent to an activating group) is 1. The molecule has 41 heavy (non-hydrogen) atoms. The van der Waals surface area contributed by atoms with Crippen LogP contribution in [0.2, 0.25) is 0 Å². The molecule has 0 saturated carbocycles. The number of aromatic nitrogens is 5. The smallest absolute Gasteiger partial charge is 0.302 e. The van der Waals surface area contributed by atoms with Crippen LogP contribution in [0.5, 0.6) is 0 Å². The van der Waals surface area contributed by atoms with E-state index in [1.807, 2.05) is 73.6 Å². The fourth-order valence-electron chi connectivity index (χ4n) is 4.97. The number of carbonyl (C=O) groups excluding carboxylic acids is 2. The Morgan fingerprint density at radius 3 is 2.78 bits per heavy atom. The first-order valence-corrected chi connectivity index (χ1v) is 13.2. The first-order chi connectivity index (χ1) is 19.9. The van der Waals surface area contributed by atoms with E-state index in [4.69, 9.17) is 10.2 Å². The Bertz CT molecular complexity index is 1770. The van der Waals surface area contributed by atoms with Crippen molar-refractivity contribution in [3.8, 4) is 11.1 Å². The number of benzene rings is 2. The lowest BCUT2D eigenvalue weighted by Gasteiger charge is -2.15. The summed E-state index contributed by atoms with van der Waals surface area (Å²) in [6.45, 7) is 1.67. The van der Waals surface area contributed by atoms with Gasteiger partial charge in [-0.15, -0.1) is 0 Å². The first-order valence-electron chi connectivity index (χ1n) is 13.2. The van der Waals surface area contributed by atoms with Gasteiger partial charge < -0.3 is 20.0 Å². The lowest BCUT2D eigenvalue weighted by Crippen LogP contribution is -2.28. The normalized spacial score (nSPS) is 15.5. The molecule has 4 heterocycles. The molecule has 1 aliphatic rings. The van der Waals surface area contributed by atoms with Gasteiger partial charge in [0.2, 0.25) is 5.91 Å². The van der Waals surface area contributed by atoms with Crippen molar-refractivity contribution in [1.29, 1.82) is 0 Å². The van der Waals surface area contributed by atoms with E-state index in [1.54, 1.807) is 15.7 Å². The zero-order chi connectivity index (χ0) is 28.5. The maximum Gasteiger partial charge on any atom is 0.302 e. The molecule has 1 aliphatic heterocycles. The third kappa shape index (κ3) is 5.24. The molecule has 0 spiro atoms. The van der Waals surface area contributed by atoms with Crippen LogP contribution in [0.3, 0.4) is 0 Å². The number of nitrogens with two attached hydrogens (primary N) is 1. The van der Waals surface area contributed by atoms with E-state index < -0.39 is 5.91 Å². The third-order valence-electron chi connectivity index (χ3n) is 7.00. The molecule has 0 aliphatic carbocycles. The Morgan fingerprint density at radius 1 is 1.15 bits per heavy atom. The van der Waals surface area contributed by atoms with Crippen LogP contribution in [0.25, 0.3) is 33.3 Å². The second-order valence-corrected chi connectivity index (χ2v) is 10.2. The summed E-state index contributed by atoms with van der Waals surface area (Å²) in [5, 5.41) is 7.65. The number of oxazole rings is 1. The number of nitrogens with zero attached hydrogens (tertiary/aromatic N) is 7. The minimum atomic E-state index is -0.553. The van der Waals surface area contributed by atoms with E-state index in [0.29, 0.717) is 48.2 Å². The number of likely N-dealkylation sites (tertiary alicyclic amines) is 1. The lowest BCUT2D eigenvalue weighted by atomic mass is 10.1. The highest BCUT2D eigenvalue weighted by Crippen LogP contribution is 2.30. The van der Waals surface area contributed by atoms with Crippen molar-refractivity contribution in [3.63, 3.8) is 0 Å². The minimum absolute atomic E-state index is 0.0375. The Kier molecular flexibility index (Phi) is 6.89. The van der Waals surface area contributed by atoms with Gasteiger partial charge in [0.05, 0.1) is 11.4 Å². The van der Waals surface area contributed by atoms with Gasteiger partial charge in [0.1, 0.15) is 17.7 Å². The van der Waals surface area contributed by atoms with Gasteiger partial charge in [0.15, 0.2) is 16.9 Å². The first kappa shape index (κ1) is 26.1. The summed E-state index contributed by atoms with van der Waals surface area (Å²) in [4.78, 5) is 42.8. The molecule has 2 aromatic carbocycles. The van der Waals surface area contributed by atoms with Gasteiger partial charge in [0.25, 0.3) is 5.91 Å². The van der Waals surface area contributed by atoms with Gasteiger partial charge >= 0.3 is 6.01 Å². The molecule has 2 amide bonds. The molecule has 0 unspecified atom stereocenters. The maximum atomic E-state index is 13.4. The second kappa shape index (κ2) is 10.8. The summed E-state index contributed by atoms with van der Waals surface area (Å²) in [5.74, 6) is -0.485. The highest BCUT2D eigenvalue weighted by Gasteiger charge is 2.31. The van der Waals surface area contributed by atoms with Crippen molar-refractivity contribution >= 4 is 45.8 Å². The van der Waals surface area contributed by atoms with E-state index in [-0.39, 0.29) is 29.5 Å². The number of nitrogens with one attached hydrogen (secondary N) is 1. The number of hydrogen-bond donors (Lipinski definition) is 2. The summed E-state index contributed by atoms with van der Waals surface area (Å²) < 4.78 is 7.46. The molecular weight excluding hydrogens is 522 g/mol. The van der Waals surface area contributed by atoms with Crippen molar-refractivity contribution in [1.82, 2.24) is 34.5 Å². The van der Waals surface area contributed by atoms with Gasteiger partial charge in [0, 0.05) is 25.7 Å². The molecule has 0 bridgehead atoms. The molecule has 12 nitrogen and oxygen atoms in total. The van der Waals surface area contributed by atoms with Crippen LogP contribution in [-0.4, -0.2) is 80.1 Å². The molecular formula is C29H29N9O3. The fraction of sp³-hybridized carbons (Fsp3) is 0.241. The fourth-order valence-corrected chi connectivity index (χ4v) is 4.97. The number of amides is 2. The number of carbonyl (C=O) groups is 2. The van der Waals surface area contributed by atoms with Crippen molar-refractivity contribution in [2.75, 3.05) is 44.8 Å². The van der Waals surface area contributed by atoms with Crippen molar-refractivity contribution in [2.24, 2.45) is 0 Å². The molecule has 208 valence electrons. The molecule has 3 N–H and O–H groups in total. The molecule has 12 heteroatoms. The highest BCUT2D eigenvalue weighted by molar-refractivity contribution is 6.12. The van der Waals surface area contributed by atoms with E-state index in [0.717, 1.165) is 11.1 Å². The lowest BCUT2D eigenvalue weighted by molar-refractivity contribution is -0.125. The molecule has 1 atom stereocenters. The van der Waals surface area contributed by atoms with Crippen LogP contribution in [0, 0.1) is 0 Å². The van der Waals surface area contributed by atoms with Gasteiger partial charge in [-0.25, -0.2) is 14.6 Å². The Labute approximate surface area is 235 Å². The monoisotopic (exact) mass is 551 g/mol. The number of anilines is 2. The van der Waals surface area contributed by atoms with Crippen LogP contribution in [-0.2, 0) is 4.79 Å². The minimum Gasteiger partial charge on any atom is -0.423 e. The molecule has 0 radical (unpaired) electrons. The Morgan fingerprint density at radius 2 is 1.98 bits per heavy atom. The summed E-state index contributed by atoms with van der Waals surface area (Å²) in [6, 6.07) is 15.4. The largest absolute Gasteiger partial charge is 0.423 e. The topological polar surface area (TPSA) is 148 Å². The molecule has 5 aromatic rings. The number of fused-ring (bicyclic) bond motifs is 2. The van der Waals surface area contributed by atoms with Crippen LogP contribution >= 0.6 is 0 Å². The van der Waals surface area contributed by atoms with Crippen molar-refractivity contribution < 1.29 is 14.0 Å². The Balaban J connectivity index is 1.25. The van der Waals surface area contributed by atoms with E-state index >= 15 is 0 Å². The van der Waals surface area contributed by atoms with E-state index in [1.165, 1.54) is 6.33 Å². The molecule has 1 saturated heterocycles. The summed E-state index contributed by atoms with van der Waals surface area (Å²) >= 11 is 0. The number of rotatable bonds is 7. The van der Waals surface area contributed by atoms with Crippen LogP contribution in [0.15, 0.2) is 71.4 Å². The van der Waals surface area contributed by atoms with Gasteiger partial charge in [-0.2, -0.15) is 10.1 Å². The van der Waals surface area contributed by atoms with E-state index in [9.17, 15) is 9.59 Å². The summed E-state index contributed by atoms with van der Waals surface area (Å²) in [5.41, 5.74) is 9.84. The predicted molar refractivity (Wildman–Crippen MR) is 155 cm³/mol. The molecule has 3 aromatic heterocycles. The van der Waals surface area contributed by atoms with Crippen LogP contribution in [0.1, 0.15) is 23.0 Å². The van der Waals surface area contributed by atoms with Crippen molar-refractivity contribution in [2.45, 2.75) is 12.5 Å². The second-order valence-electron chi connectivity index (χ2n) is 10.2. The maximum absolute atomic E-state index is 13.4. The predicted octanol–water partition coefficient (Wildman–Crippen LogP) is 3.36. The zero-order valence-corrected chi connectivity index (χ0v) is 22.7. The van der Waals surface area contributed by atoms with E-state index in [2.05, 4.69) is 25.4 Å². The third-order valence-corrected chi connectivity index (χ3v) is 7.00. The van der Waals surface area contributed by atoms with Gasteiger partial charge in [-0.1, -0.05) is 42.5 Å². The van der Waals surface area contributed by atoms with Crippen LogP contribution < -0.4 is 11.1 Å². The number of nitrogen functional groups attached to an aromatic ring is 1. The van der Waals surface area contributed by atoms with Crippen molar-refractivity contribution in [3.05, 3.63) is 72.7 Å². The highest BCUT2D eigenvalue weighted by atomic mass is 16.4. The summed E-state index contributed by atoms with van der Waals surface area (Å²) in [6.07, 6.45) is 5.42. The average Bonchev–Trinajstić information content (AvgIpc) is 3.70. The summed E-state index contributed by atoms with van der Waals surface area (Å²) in [7, 11) is 3.88. The number of hydrogen-bond acceptors (Lipinski definition) is 9. The SMILES string of the molecule is CN(C)CC=CC(=O)N1CC[C@@H](n2nc(C(=O)Nc3nc4cc(-c5ccccc5)ccc4o3)c3c(N)ncnc32)C1. The van der Waals surface area contributed by atoms with Crippen LogP contribution in [0.4, 0.5) is 11.8 Å². The molecule has 6 rings (SSSR count). The Hall–Kier alpha value is -5.10.